The Kier molecular flexibility index (Phi) is 2.56. The molecule has 3 unspecified atom stereocenters. The van der Waals surface area contributed by atoms with Crippen molar-refractivity contribution < 1.29 is 9.47 Å². The second-order valence-electron chi connectivity index (χ2n) is 3.83. The van der Waals surface area contributed by atoms with Crippen LogP contribution in [0.15, 0.2) is 11.8 Å². The van der Waals surface area contributed by atoms with Crippen molar-refractivity contribution in [3.05, 3.63) is 11.8 Å². The molecular formula is C10H17NO2. The van der Waals surface area contributed by atoms with Crippen molar-refractivity contribution in [2.24, 2.45) is 5.73 Å². The first-order chi connectivity index (χ1) is 6.27. The van der Waals surface area contributed by atoms with Gasteiger partial charge in [-0.25, -0.2) is 0 Å². The fraction of sp³-hybridized carbons (Fsp3) is 0.800. The molecule has 3 heteroatoms. The summed E-state index contributed by atoms with van der Waals surface area (Å²) < 4.78 is 11.1. The Morgan fingerprint density at radius 2 is 2.38 bits per heavy atom. The van der Waals surface area contributed by atoms with E-state index in [4.69, 9.17) is 15.2 Å². The van der Waals surface area contributed by atoms with E-state index >= 15 is 0 Å². The Morgan fingerprint density at radius 1 is 1.54 bits per heavy atom. The Balaban J connectivity index is 1.92. The Morgan fingerprint density at radius 3 is 2.92 bits per heavy atom. The van der Waals surface area contributed by atoms with E-state index < -0.39 is 0 Å². The van der Waals surface area contributed by atoms with Crippen LogP contribution in [0, 0.1) is 0 Å². The lowest BCUT2D eigenvalue weighted by Gasteiger charge is -2.20. The quantitative estimate of drug-likeness (QED) is 0.699. The molecule has 0 bridgehead atoms. The molecule has 13 heavy (non-hydrogen) atoms. The van der Waals surface area contributed by atoms with E-state index in [0.717, 1.165) is 31.6 Å². The lowest BCUT2D eigenvalue weighted by molar-refractivity contribution is 0.0357. The minimum atomic E-state index is -0.0487. The largest absolute Gasteiger partial charge is 0.496 e. The molecule has 0 aromatic heterocycles. The topological polar surface area (TPSA) is 44.5 Å². The van der Waals surface area contributed by atoms with Gasteiger partial charge in [0.15, 0.2) is 0 Å². The molecule has 2 aliphatic heterocycles. The summed E-state index contributed by atoms with van der Waals surface area (Å²) in [5.41, 5.74) is 6.03. The summed E-state index contributed by atoms with van der Waals surface area (Å²) in [7, 11) is 0. The Hall–Kier alpha value is -0.540. The van der Waals surface area contributed by atoms with Crippen molar-refractivity contribution >= 4 is 0 Å². The van der Waals surface area contributed by atoms with Crippen LogP contribution in [-0.4, -0.2) is 24.9 Å². The molecule has 0 aromatic carbocycles. The predicted molar refractivity (Wildman–Crippen MR) is 50.2 cm³/mol. The normalized spacial score (nSPS) is 35.7. The minimum absolute atomic E-state index is 0.0487. The van der Waals surface area contributed by atoms with Gasteiger partial charge in [0.05, 0.1) is 24.9 Å². The van der Waals surface area contributed by atoms with Crippen LogP contribution in [0.25, 0.3) is 0 Å². The standard InChI is InChI=1S/C10H17NO2/c1-7-4-5-9(13-7)10(11)8-3-2-6-12-8/h3,7,9-10H,2,4-6,11H2,1H3. The van der Waals surface area contributed by atoms with Gasteiger partial charge in [-0.05, 0) is 25.8 Å². The average molecular weight is 183 g/mol. The first kappa shape index (κ1) is 9.03. The van der Waals surface area contributed by atoms with E-state index in [0.29, 0.717) is 6.10 Å². The van der Waals surface area contributed by atoms with Gasteiger partial charge >= 0.3 is 0 Å². The summed E-state index contributed by atoms with van der Waals surface area (Å²) in [6, 6.07) is -0.0487. The molecule has 3 nitrogen and oxygen atoms in total. The third-order valence-electron chi connectivity index (χ3n) is 2.73. The van der Waals surface area contributed by atoms with Gasteiger partial charge in [-0.3, -0.25) is 0 Å². The van der Waals surface area contributed by atoms with Crippen molar-refractivity contribution in [1.29, 1.82) is 0 Å². The maximum Gasteiger partial charge on any atom is 0.111 e. The van der Waals surface area contributed by atoms with E-state index in [9.17, 15) is 0 Å². The summed E-state index contributed by atoms with van der Waals surface area (Å²) in [5, 5.41) is 0. The maximum atomic E-state index is 6.03. The van der Waals surface area contributed by atoms with Crippen LogP contribution in [0.2, 0.25) is 0 Å². The average Bonchev–Trinajstić information content (AvgIpc) is 2.72. The van der Waals surface area contributed by atoms with E-state index in [2.05, 4.69) is 13.0 Å². The molecule has 74 valence electrons. The van der Waals surface area contributed by atoms with Gasteiger partial charge in [-0.2, -0.15) is 0 Å². The number of hydrogen-bond acceptors (Lipinski definition) is 3. The van der Waals surface area contributed by atoms with Crippen LogP contribution < -0.4 is 5.73 Å². The van der Waals surface area contributed by atoms with E-state index in [1.165, 1.54) is 0 Å². The molecule has 0 aromatic rings. The van der Waals surface area contributed by atoms with Crippen LogP contribution >= 0.6 is 0 Å². The van der Waals surface area contributed by atoms with Gasteiger partial charge in [0.1, 0.15) is 5.76 Å². The smallest absolute Gasteiger partial charge is 0.111 e. The zero-order chi connectivity index (χ0) is 9.26. The van der Waals surface area contributed by atoms with Crippen LogP contribution in [-0.2, 0) is 9.47 Å². The molecule has 1 fully saturated rings. The summed E-state index contributed by atoms with van der Waals surface area (Å²) in [5.74, 6) is 0.930. The summed E-state index contributed by atoms with van der Waals surface area (Å²) in [4.78, 5) is 0. The molecule has 0 amide bonds. The molecule has 2 N–H and O–H groups in total. The van der Waals surface area contributed by atoms with Gasteiger partial charge in [0.25, 0.3) is 0 Å². The van der Waals surface area contributed by atoms with Crippen molar-refractivity contribution in [2.45, 2.75) is 44.4 Å². The highest BCUT2D eigenvalue weighted by Crippen LogP contribution is 2.25. The van der Waals surface area contributed by atoms with Crippen molar-refractivity contribution in [2.75, 3.05) is 6.61 Å². The van der Waals surface area contributed by atoms with Crippen molar-refractivity contribution in [1.82, 2.24) is 0 Å². The molecule has 0 radical (unpaired) electrons. The summed E-state index contributed by atoms with van der Waals surface area (Å²) in [6.45, 7) is 2.88. The number of rotatable bonds is 2. The third-order valence-corrected chi connectivity index (χ3v) is 2.73. The van der Waals surface area contributed by atoms with Crippen LogP contribution in [0.1, 0.15) is 26.2 Å². The zero-order valence-corrected chi connectivity index (χ0v) is 8.03. The first-order valence-corrected chi connectivity index (χ1v) is 5.01. The minimum Gasteiger partial charge on any atom is -0.496 e. The molecule has 0 aliphatic carbocycles. The first-order valence-electron chi connectivity index (χ1n) is 5.01. The predicted octanol–water partition coefficient (Wildman–Crippen LogP) is 1.19. The molecule has 0 saturated carbocycles. The molecular weight excluding hydrogens is 166 g/mol. The fourth-order valence-corrected chi connectivity index (χ4v) is 1.95. The molecule has 1 saturated heterocycles. The second-order valence-corrected chi connectivity index (χ2v) is 3.83. The molecule has 2 rings (SSSR count). The van der Waals surface area contributed by atoms with Crippen LogP contribution in [0.3, 0.4) is 0 Å². The number of ether oxygens (including phenoxy) is 2. The highest BCUT2D eigenvalue weighted by molar-refractivity contribution is 5.09. The molecule has 2 aliphatic rings. The van der Waals surface area contributed by atoms with E-state index in [1.807, 2.05) is 0 Å². The van der Waals surface area contributed by atoms with Gasteiger partial charge in [-0.15, -0.1) is 0 Å². The highest BCUT2D eigenvalue weighted by Gasteiger charge is 2.31. The van der Waals surface area contributed by atoms with E-state index in [-0.39, 0.29) is 12.1 Å². The number of hydrogen-bond donors (Lipinski definition) is 1. The fourth-order valence-electron chi connectivity index (χ4n) is 1.95. The second kappa shape index (κ2) is 3.68. The number of nitrogens with two attached hydrogens (primary N) is 1. The summed E-state index contributed by atoms with van der Waals surface area (Å²) >= 11 is 0. The Bertz CT molecular complexity index is 215. The van der Waals surface area contributed by atoms with E-state index in [1.54, 1.807) is 0 Å². The highest BCUT2D eigenvalue weighted by atomic mass is 16.5. The SMILES string of the molecule is CC1CCC(C(N)C2=CCCO2)O1. The lowest BCUT2D eigenvalue weighted by atomic mass is 10.1. The zero-order valence-electron chi connectivity index (χ0n) is 8.03. The van der Waals surface area contributed by atoms with Crippen LogP contribution in [0.5, 0.6) is 0 Å². The van der Waals surface area contributed by atoms with Crippen molar-refractivity contribution in [3.63, 3.8) is 0 Å². The third kappa shape index (κ3) is 1.86. The van der Waals surface area contributed by atoms with Crippen LogP contribution in [0.4, 0.5) is 0 Å². The monoisotopic (exact) mass is 183 g/mol. The van der Waals surface area contributed by atoms with Gasteiger partial charge < -0.3 is 15.2 Å². The maximum absolute atomic E-state index is 6.03. The van der Waals surface area contributed by atoms with Gasteiger partial charge in [-0.1, -0.05) is 0 Å². The molecule has 2 heterocycles. The van der Waals surface area contributed by atoms with Gasteiger partial charge in [0.2, 0.25) is 0 Å². The van der Waals surface area contributed by atoms with Gasteiger partial charge in [0, 0.05) is 6.42 Å². The van der Waals surface area contributed by atoms with Crippen molar-refractivity contribution in [3.8, 4) is 0 Å². The Labute approximate surface area is 78.9 Å². The lowest BCUT2D eigenvalue weighted by Crippen LogP contribution is -2.36. The summed E-state index contributed by atoms with van der Waals surface area (Å²) in [6.07, 6.45) is 5.77. The molecule has 3 atom stereocenters. The molecule has 0 spiro atoms.